The molecule has 12 atom stereocenters. The van der Waals surface area contributed by atoms with Crippen molar-refractivity contribution in [2.45, 2.75) is 219 Å². The second-order valence-corrected chi connectivity index (χ2v) is 24.6. The van der Waals surface area contributed by atoms with E-state index in [-0.39, 0.29) is 85.8 Å². The van der Waals surface area contributed by atoms with Gasteiger partial charge in [0.15, 0.2) is 28.9 Å². The first-order valence-corrected chi connectivity index (χ1v) is 26.7. The van der Waals surface area contributed by atoms with Gasteiger partial charge in [0.25, 0.3) is 0 Å². The number of ketones is 3. The molecule has 0 radical (unpaired) electrons. The van der Waals surface area contributed by atoms with Gasteiger partial charge in [-0.3, -0.25) is 24.2 Å². The number of carbonyl (C=O) groups excluding carboxylic acids is 5. The molecule has 4 saturated heterocycles. The molecule has 0 spiro atoms. The highest BCUT2D eigenvalue weighted by atomic mass is 127. The molecule has 2 amide bonds. The number of likely N-dealkylation sites (tertiary alicyclic amines) is 2. The predicted octanol–water partition coefficient (Wildman–Crippen LogP) is 6.34. The summed E-state index contributed by atoms with van der Waals surface area (Å²) in [5.41, 5.74) is 21.2. The molecule has 8 rings (SSSR count). The van der Waals surface area contributed by atoms with Crippen LogP contribution in [-0.2, 0) is 42.8 Å². The number of rotatable bonds is 6. The Balaban J connectivity index is 0.000000212. The average molecular weight is 1190 g/mol. The van der Waals surface area contributed by atoms with Crippen molar-refractivity contribution in [3.63, 3.8) is 0 Å². The number of nitrogens with zero attached hydrogens (tertiary/aromatic N) is 2. The third kappa shape index (κ3) is 13.4. The van der Waals surface area contributed by atoms with Crippen LogP contribution in [-0.4, -0.2) is 145 Å². The SMILES string of the molecule is CC1=C(N)CC(=O)C(C2C[C@H](CO)[C@@H](O)[C@H]2O)=C1.CC[C@@H]1[C@H]2OC(C)(C)O[C@H]2C(C2=CC(C)=C(N)CC2=O)N1C(=O)OC(C)(C)C.CC[C@@H]1[C@H]2OC(C)(C)O[C@H]2C(C2=CC(I)=C(N)CC2=O)N1C(=O)OC(C)(C)C.Cl. The first kappa shape index (κ1) is 62.0. The molecular formula is C54H81ClIN5O14. The van der Waals surface area contributed by atoms with Gasteiger partial charge in [0, 0.05) is 55.8 Å². The molecule has 4 aliphatic carbocycles. The monoisotopic (exact) mass is 1190 g/mol. The molecule has 75 heavy (non-hydrogen) atoms. The number of aliphatic hydroxyl groups is 3. The molecule has 0 bridgehead atoms. The van der Waals surface area contributed by atoms with Gasteiger partial charge in [-0.05, 0) is 148 Å². The first-order chi connectivity index (χ1) is 34.1. The number of nitrogens with two attached hydrogens (primary N) is 3. The predicted molar refractivity (Wildman–Crippen MR) is 290 cm³/mol. The van der Waals surface area contributed by atoms with E-state index in [2.05, 4.69) is 22.6 Å². The number of aliphatic hydroxyl groups excluding tert-OH is 3. The Kier molecular flexibility index (Phi) is 19.2. The zero-order valence-electron chi connectivity index (χ0n) is 45.9. The van der Waals surface area contributed by atoms with E-state index in [1.807, 2.05) is 96.9 Å². The molecule has 4 aliphatic heterocycles. The van der Waals surface area contributed by atoms with Crippen molar-refractivity contribution < 1.29 is 67.7 Å². The summed E-state index contributed by atoms with van der Waals surface area (Å²) in [5, 5.41) is 28.9. The summed E-state index contributed by atoms with van der Waals surface area (Å²) in [7, 11) is 0. The Morgan fingerprint density at radius 2 is 1.01 bits per heavy atom. The molecule has 21 heteroatoms. The van der Waals surface area contributed by atoms with E-state index in [1.54, 1.807) is 28.0 Å². The zero-order valence-corrected chi connectivity index (χ0v) is 48.8. The lowest BCUT2D eigenvalue weighted by atomic mass is 9.85. The van der Waals surface area contributed by atoms with E-state index in [9.17, 15) is 34.2 Å². The van der Waals surface area contributed by atoms with Gasteiger partial charge in [-0.1, -0.05) is 19.9 Å². The van der Waals surface area contributed by atoms with Crippen molar-refractivity contribution in [3.8, 4) is 0 Å². The maximum absolute atomic E-state index is 13.1. The van der Waals surface area contributed by atoms with E-state index in [1.165, 1.54) is 0 Å². The molecule has 5 fully saturated rings. The number of carbonyl (C=O) groups is 5. The van der Waals surface area contributed by atoms with Crippen LogP contribution in [0.25, 0.3) is 0 Å². The summed E-state index contributed by atoms with van der Waals surface area (Å²) in [6, 6.07) is -1.64. The van der Waals surface area contributed by atoms with Gasteiger partial charge in [-0.15, -0.1) is 12.4 Å². The zero-order chi connectivity index (χ0) is 55.5. The summed E-state index contributed by atoms with van der Waals surface area (Å²) in [4.78, 5) is 67.3. The lowest BCUT2D eigenvalue weighted by Gasteiger charge is -2.36. The maximum atomic E-state index is 13.1. The largest absolute Gasteiger partial charge is 0.444 e. The van der Waals surface area contributed by atoms with Crippen LogP contribution >= 0.6 is 35.0 Å². The van der Waals surface area contributed by atoms with Gasteiger partial charge in [0.1, 0.15) is 35.6 Å². The fourth-order valence-corrected chi connectivity index (χ4v) is 11.7. The maximum Gasteiger partial charge on any atom is 0.411 e. The lowest BCUT2D eigenvalue weighted by molar-refractivity contribution is -0.165. The summed E-state index contributed by atoms with van der Waals surface area (Å²) < 4.78 is 36.8. The number of fused-ring (bicyclic) bond motifs is 2. The fourth-order valence-electron chi connectivity index (χ4n) is 11.1. The molecular weight excluding hydrogens is 1100 g/mol. The smallest absolute Gasteiger partial charge is 0.411 e. The summed E-state index contributed by atoms with van der Waals surface area (Å²) in [6.45, 7) is 25.9. The van der Waals surface area contributed by atoms with Crippen LogP contribution in [0.5, 0.6) is 0 Å². The van der Waals surface area contributed by atoms with Crippen LogP contribution in [0, 0.1) is 11.8 Å². The molecule has 0 aromatic rings. The molecule has 0 aromatic carbocycles. The number of Topliss-reactive ketones (excluding diaryl/α,β-unsaturated/α-hetero) is 3. The summed E-state index contributed by atoms with van der Waals surface area (Å²) in [6.07, 6.45) is 3.03. The highest BCUT2D eigenvalue weighted by molar-refractivity contribution is 14.1. The molecule has 19 nitrogen and oxygen atoms in total. The van der Waals surface area contributed by atoms with Crippen molar-refractivity contribution >= 4 is 64.5 Å². The van der Waals surface area contributed by atoms with E-state index >= 15 is 0 Å². The van der Waals surface area contributed by atoms with Gasteiger partial charge in [-0.2, -0.15) is 0 Å². The standard InChI is InChI=1S/C21H32N2O5.C20H29IN2O5.C13H19NO4.ClH/c1-8-14-17-18(27-21(6,7)26-17)16(23(14)19(25)28-20(3,4)5)12-9-11(2)13(22)10-15(12)24;1-7-13-16-17(27-20(5,6)26-16)15(23(13)18(25)28-19(2,3)4)10-8-11(21)12(22)9-14(10)24;1-6-2-8(11(16)4-10(6)14)9-3-7(5-15)12(17)13(9)18;/h9,14,16-18H,8,10,22H2,1-7H3;8,13,15-17H,7,9,22H2,1-6H3;2,7,9,12-13,15,17-18H,3-5,14H2,1H3;1H/t14-,16?,17-,18+;13-,15?,16-,17+;7-,9?,12-,13+;/m111./s1. The van der Waals surface area contributed by atoms with Gasteiger partial charge < -0.3 is 60.9 Å². The highest BCUT2D eigenvalue weighted by Gasteiger charge is 2.62. The number of hydrogen-bond donors (Lipinski definition) is 6. The molecule has 0 aromatic heterocycles. The van der Waals surface area contributed by atoms with Crippen molar-refractivity contribution in [1.29, 1.82) is 0 Å². The third-order valence-electron chi connectivity index (χ3n) is 14.5. The van der Waals surface area contributed by atoms with E-state index in [0.29, 0.717) is 53.1 Å². The normalized spacial score (nSPS) is 33.1. The number of ether oxygens (including phenoxy) is 6. The Morgan fingerprint density at radius 3 is 1.39 bits per heavy atom. The van der Waals surface area contributed by atoms with Gasteiger partial charge in [0.2, 0.25) is 0 Å². The van der Waals surface area contributed by atoms with Crippen molar-refractivity contribution in [3.05, 3.63) is 66.8 Å². The molecule has 4 heterocycles. The van der Waals surface area contributed by atoms with Gasteiger partial charge in [-0.25, -0.2) is 9.59 Å². The number of halogens is 2. The summed E-state index contributed by atoms with van der Waals surface area (Å²) >= 11 is 2.12. The average Bonchev–Trinajstić information content (AvgIpc) is 4.02. The number of allylic oxidation sites excluding steroid dienone is 9. The van der Waals surface area contributed by atoms with Crippen LogP contribution in [0.15, 0.2) is 66.8 Å². The van der Waals surface area contributed by atoms with Crippen molar-refractivity contribution in [1.82, 2.24) is 9.80 Å². The van der Waals surface area contributed by atoms with E-state index < -0.39 is 77.4 Å². The van der Waals surface area contributed by atoms with Crippen molar-refractivity contribution in [2.75, 3.05) is 6.61 Å². The van der Waals surface area contributed by atoms with Crippen LogP contribution < -0.4 is 17.2 Å². The van der Waals surface area contributed by atoms with Crippen LogP contribution in [0.3, 0.4) is 0 Å². The minimum atomic E-state index is -0.996. The summed E-state index contributed by atoms with van der Waals surface area (Å²) in [5.74, 6) is -2.63. The van der Waals surface area contributed by atoms with Gasteiger partial charge >= 0.3 is 12.2 Å². The molecule has 3 unspecified atom stereocenters. The first-order valence-electron chi connectivity index (χ1n) is 25.6. The van der Waals surface area contributed by atoms with E-state index in [4.69, 9.17) is 50.7 Å². The number of amides is 2. The quantitative estimate of drug-likeness (QED) is 0.158. The van der Waals surface area contributed by atoms with Crippen LogP contribution in [0.4, 0.5) is 9.59 Å². The molecule has 420 valence electrons. The Bertz CT molecular complexity index is 2320. The van der Waals surface area contributed by atoms with Gasteiger partial charge in [0.05, 0.1) is 55.6 Å². The Labute approximate surface area is 461 Å². The Morgan fingerprint density at radius 1 is 0.653 bits per heavy atom. The number of hydrogen-bond acceptors (Lipinski definition) is 17. The molecule has 1 saturated carbocycles. The minimum absolute atomic E-state index is 0. The molecule has 9 N–H and O–H groups in total. The van der Waals surface area contributed by atoms with E-state index in [0.717, 1.165) is 14.7 Å². The Hall–Kier alpha value is -3.87. The van der Waals surface area contributed by atoms with Crippen LogP contribution in [0.1, 0.15) is 135 Å². The van der Waals surface area contributed by atoms with Crippen molar-refractivity contribution in [2.24, 2.45) is 29.0 Å². The third-order valence-corrected chi connectivity index (χ3v) is 15.5. The van der Waals surface area contributed by atoms with Crippen LogP contribution in [0.2, 0.25) is 0 Å². The lowest BCUT2D eigenvalue weighted by Crippen LogP contribution is -2.50. The minimum Gasteiger partial charge on any atom is -0.444 e. The highest BCUT2D eigenvalue weighted by Crippen LogP contribution is 2.48. The second-order valence-electron chi connectivity index (χ2n) is 23.4. The molecule has 8 aliphatic rings. The topological polar surface area (TPSA) is 286 Å². The fraction of sp³-hybridized carbons (Fsp3) is 0.685. The second kappa shape index (κ2) is 23.2.